The molecule has 1 aliphatic heterocycles. The van der Waals surface area contributed by atoms with Crippen molar-refractivity contribution >= 4 is 35.2 Å². The lowest BCUT2D eigenvalue weighted by molar-refractivity contribution is -0.123. The molecule has 1 aromatic carbocycles. The quantitative estimate of drug-likeness (QED) is 0.616. The molecule has 5 nitrogen and oxygen atoms in total. The van der Waals surface area contributed by atoms with E-state index in [1.54, 1.807) is 11.0 Å². The summed E-state index contributed by atoms with van der Waals surface area (Å²) in [5, 5.41) is 5.57. The van der Waals surface area contributed by atoms with Gasteiger partial charge in [0.1, 0.15) is 0 Å². The van der Waals surface area contributed by atoms with Crippen molar-refractivity contribution in [1.82, 2.24) is 15.5 Å². The Morgan fingerprint density at radius 1 is 1.35 bits per heavy atom. The predicted octanol–water partition coefficient (Wildman–Crippen LogP) is 0.533. The molecule has 1 aliphatic rings. The Bertz CT molecular complexity index is 543. The maximum absolute atomic E-state index is 11.7. The Morgan fingerprint density at radius 2 is 2.10 bits per heavy atom. The Labute approximate surface area is 122 Å². The number of nitrogens with one attached hydrogen (secondary N) is 2. The zero-order valence-corrected chi connectivity index (χ0v) is 11.7. The van der Waals surface area contributed by atoms with Crippen LogP contribution in [0.1, 0.15) is 5.56 Å². The Morgan fingerprint density at radius 3 is 2.80 bits per heavy atom. The van der Waals surface area contributed by atoms with Gasteiger partial charge in [-0.1, -0.05) is 30.3 Å². The van der Waals surface area contributed by atoms with Crippen LogP contribution in [0.25, 0.3) is 6.08 Å². The Hall–Kier alpha value is -2.21. The monoisotopic (exact) mass is 289 g/mol. The number of carbonyl (C=O) groups excluding carboxylic acids is 2. The van der Waals surface area contributed by atoms with Gasteiger partial charge in [0.15, 0.2) is 5.11 Å². The van der Waals surface area contributed by atoms with E-state index in [4.69, 9.17) is 12.2 Å². The topological polar surface area (TPSA) is 61.4 Å². The molecule has 0 atom stereocenters. The summed E-state index contributed by atoms with van der Waals surface area (Å²) in [5.41, 5.74) is 0.936. The first-order valence-electron chi connectivity index (χ1n) is 6.25. The van der Waals surface area contributed by atoms with Crippen LogP contribution in [0.15, 0.2) is 36.4 Å². The molecule has 1 aromatic rings. The third-order valence-electron chi connectivity index (χ3n) is 2.78. The molecular weight excluding hydrogens is 274 g/mol. The minimum absolute atomic E-state index is 0.0901. The van der Waals surface area contributed by atoms with Gasteiger partial charge in [0.25, 0.3) is 0 Å². The van der Waals surface area contributed by atoms with Crippen LogP contribution >= 0.6 is 12.2 Å². The molecule has 0 aromatic heterocycles. The lowest BCUT2D eigenvalue weighted by Gasteiger charge is -2.28. The average molecular weight is 289 g/mol. The normalized spacial score (nSPS) is 15.0. The van der Waals surface area contributed by atoms with Gasteiger partial charge in [0.05, 0.1) is 6.54 Å². The van der Waals surface area contributed by atoms with Gasteiger partial charge in [-0.2, -0.15) is 0 Å². The highest BCUT2D eigenvalue weighted by Gasteiger charge is 2.18. The summed E-state index contributed by atoms with van der Waals surface area (Å²) >= 11 is 5.11. The fourth-order valence-electron chi connectivity index (χ4n) is 1.77. The molecule has 2 N–H and O–H groups in total. The lowest BCUT2D eigenvalue weighted by atomic mass is 10.2. The average Bonchev–Trinajstić information content (AvgIpc) is 2.46. The second kappa shape index (κ2) is 6.81. The molecule has 0 spiro atoms. The fourth-order valence-corrected chi connectivity index (χ4v) is 2.03. The van der Waals surface area contributed by atoms with E-state index < -0.39 is 0 Å². The molecule has 1 fully saturated rings. The number of rotatable bonds is 2. The zero-order chi connectivity index (χ0) is 14.4. The van der Waals surface area contributed by atoms with E-state index in [9.17, 15) is 9.59 Å². The number of benzene rings is 1. The molecule has 0 radical (unpaired) electrons. The number of hydrogen-bond acceptors (Lipinski definition) is 3. The molecule has 0 unspecified atom stereocenters. The molecule has 1 heterocycles. The first-order chi connectivity index (χ1) is 9.65. The number of piperazine rings is 1. The van der Waals surface area contributed by atoms with Crippen LogP contribution < -0.4 is 10.6 Å². The molecule has 0 aliphatic carbocycles. The van der Waals surface area contributed by atoms with Gasteiger partial charge in [-0.15, -0.1) is 0 Å². The highest BCUT2D eigenvalue weighted by atomic mass is 32.1. The first-order valence-corrected chi connectivity index (χ1v) is 6.66. The molecule has 0 saturated carbocycles. The van der Waals surface area contributed by atoms with Crippen LogP contribution in [0, 0.1) is 0 Å². The minimum atomic E-state index is -0.301. The van der Waals surface area contributed by atoms with Crippen LogP contribution in [-0.4, -0.2) is 41.5 Å². The van der Waals surface area contributed by atoms with Gasteiger partial charge < -0.3 is 10.2 Å². The van der Waals surface area contributed by atoms with Crippen LogP contribution in [0.4, 0.5) is 0 Å². The van der Waals surface area contributed by atoms with E-state index in [1.165, 1.54) is 6.08 Å². The second-order valence-electron chi connectivity index (χ2n) is 4.31. The van der Waals surface area contributed by atoms with Crippen LogP contribution in [0.3, 0.4) is 0 Å². The fraction of sp³-hybridized carbons (Fsp3) is 0.214. The molecule has 0 bridgehead atoms. The summed E-state index contributed by atoms with van der Waals surface area (Å²) in [6, 6.07) is 9.51. The molecule has 6 heteroatoms. The molecule has 20 heavy (non-hydrogen) atoms. The second-order valence-corrected chi connectivity index (χ2v) is 4.70. The van der Waals surface area contributed by atoms with E-state index in [-0.39, 0.29) is 23.5 Å². The standard InChI is InChI=1S/C14H15N3O2S/c18-12(7-6-11-4-2-1-3-5-11)16-14(20)17-9-8-15-13(19)10-17/h1-7H,8-10H2,(H,15,19)(H,16,18,20)/b7-6+. The SMILES string of the molecule is O=C(/C=C/c1ccccc1)NC(=S)N1CCNC(=O)C1. The van der Waals surface area contributed by atoms with Crippen molar-refractivity contribution in [2.45, 2.75) is 0 Å². The number of thiocarbonyl (C=S) groups is 1. The molecular formula is C14H15N3O2S. The van der Waals surface area contributed by atoms with Gasteiger partial charge in [-0.3, -0.25) is 14.9 Å². The van der Waals surface area contributed by atoms with Crippen molar-refractivity contribution in [3.05, 3.63) is 42.0 Å². The van der Waals surface area contributed by atoms with Gasteiger partial charge in [0, 0.05) is 19.2 Å². The molecule has 104 valence electrons. The highest BCUT2D eigenvalue weighted by molar-refractivity contribution is 7.80. The lowest BCUT2D eigenvalue weighted by Crippen LogP contribution is -2.53. The van der Waals surface area contributed by atoms with Gasteiger partial charge in [-0.05, 0) is 23.9 Å². The van der Waals surface area contributed by atoms with Crippen LogP contribution in [-0.2, 0) is 9.59 Å². The number of carbonyl (C=O) groups is 2. The van der Waals surface area contributed by atoms with Gasteiger partial charge in [0.2, 0.25) is 11.8 Å². The number of hydrogen-bond donors (Lipinski definition) is 2. The summed E-state index contributed by atoms with van der Waals surface area (Å²) in [5.74, 6) is -0.391. The largest absolute Gasteiger partial charge is 0.353 e. The number of nitrogens with zero attached hydrogens (tertiary/aromatic N) is 1. The summed E-state index contributed by atoms with van der Waals surface area (Å²) in [4.78, 5) is 24.6. The van der Waals surface area contributed by atoms with Crippen molar-refractivity contribution in [3.63, 3.8) is 0 Å². The summed E-state index contributed by atoms with van der Waals surface area (Å²) in [6.45, 7) is 1.32. The maximum atomic E-state index is 11.7. The van der Waals surface area contributed by atoms with Gasteiger partial charge >= 0.3 is 0 Å². The first kappa shape index (κ1) is 14.2. The zero-order valence-electron chi connectivity index (χ0n) is 10.8. The summed E-state index contributed by atoms with van der Waals surface area (Å²) in [7, 11) is 0. The van der Waals surface area contributed by atoms with Crippen molar-refractivity contribution in [2.75, 3.05) is 19.6 Å². The molecule has 2 amide bonds. The third-order valence-corrected chi connectivity index (χ3v) is 3.14. The number of amides is 2. The maximum Gasteiger partial charge on any atom is 0.250 e. The van der Waals surface area contributed by atoms with Crippen LogP contribution in [0.5, 0.6) is 0 Å². The van der Waals surface area contributed by atoms with Gasteiger partial charge in [-0.25, -0.2) is 0 Å². The predicted molar refractivity (Wildman–Crippen MR) is 80.8 cm³/mol. The van der Waals surface area contributed by atoms with Crippen molar-refractivity contribution in [1.29, 1.82) is 0 Å². The Kier molecular flexibility index (Phi) is 4.84. The van der Waals surface area contributed by atoms with E-state index in [2.05, 4.69) is 10.6 Å². The molecule has 2 rings (SSSR count). The highest BCUT2D eigenvalue weighted by Crippen LogP contribution is 2.01. The third kappa shape index (κ3) is 4.17. The van der Waals surface area contributed by atoms with Crippen molar-refractivity contribution in [2.24, 2.45) is 0 Å². The van der Waals surface area contributed by atoms with E-state index in [1.807, 2.05) is 30.3 Å². The summed E-state index contributed by atoms with van der Waals surface area (Å²) in [6.07, 6.45) is 3.13. The van der Waals surface area contributed by atoms with E-state index in [0.717, 1.165) is 5.56 Å². The smallest absolute Gasteiger partial charge is 0.250 e. The van der Waals surface area contributed by atoms with Crippen molar-refractivity contribution < 1.29 is 9.59 Å². The van der Waals surface area contributed by atoms with Crippen molar-refractivity contribution in [3.8, 4) is 0 Å². The minimum Gasteiger partial charge on any atom is -0.353 e. The summed E-state index contributed by atoms with van der Waals surface area (Å²) < 4.78 is 0. The van der Waals surface area contributed by atoms with Crippen LogP contribution in [0.2, 0.25) is 0 Å². The Balaban J connectivity index is 1.86. The van der Waals surface area contributed by atoms with E-state index in [0.29, 0.717) is 13.1 Å². The molecule has 1 saturated heterocycles. The van der Waals surface area contributed by atoms with E-state index >= 15 is 0 Å².